The molecule has 1 heterocycles. The van der Waals surface area contributed by atoms with E-state index in [0.717, 1.165) is 11.1 Å². The van der Waals surface area contributed by atoms with Gasteiger partial charge in [-0.15, -0.1) is 0 Å². The SMILES string of the molecule is Cc1cc(Cl)c(NCc2cc(C(=O)O)oc2C)cc1Cl. The first-order chi connectivity index (χ1) is 9.38. The van der Waals surface area contributed by atoms with E-state index in [-0.39, 0.29) is 5.76 Å². The lowest BCUT2D eigenvalue weighted by molar-refractivity contribution is 0.0661. The van der Waals surface area contributed by atoms with E-state index < -0.39 is 5.97 Å². The zero-order chi connectivity index (χ0) is 14.9. The highest BCUT2D eigenvalue weighted by Gasteiger charge is 2.13. The molecule has 0 aliphatic carbocycles. The summed E-state index contributed by atoms with van der Waals surface area (Å²) in [7, 11) is 0. The number of benzene rings is 1. The van der Waals surface area contributed by atoms with E-state index in [4.69, 9.17) is 32.7 Å². The maximum Gasteiger partial charge on any atom is 0.371 e. The number of hydrogen-bond donors (Lipinski definition) is 2. The maximum atomic E-state index is 10.8. The Morgan fingerprint density at radius 3 is 2.55 bits per heavy atom. The summed E-state index contributed by atoms with van der Waals surface area (Å²) in [5.41, 5.74) is 2.35. The summed E-state index contributed by atoms with van der Waals surface area (Å²) < 4.78 is 5.14. The molecule has 0 amide bonds. The van der Waals surface area contributed by atoms with Gasteiger partial charge in [0.05, 0.1) is 10.7 Å². The Morgan fingerprint density at radius 2 is 1.95 bits per heavy atom. The van der Waals surface area contributed by atoms with Gasteiger partial charge in [-0.1, -0.05) is 23.2 Å². The van der Waals surface area contributed by atoms with Gasteiger partial charge in [0.15, 0.2) is 0 Å². The minimum Gasteiger partial charge on any atom is -0.475 e. The van der Waals surface area contributed by atoms with Gasteiger partial charge in [-0.05, 0) is 37.6 Å². The molecule has 4 nitrogen and oxygen atoms in total. The molecule has 0 bridgehead atoms. The van der Waals surface area contributed by atoms with E-state index in [1.54, 1.807) is 19.1 Å². The molecular formula is C14H13Cl2NO3. The molecule has 6 heteroatoms. The number of aryl methyl sites for hydroxylation is 2. The van der Waals surface area contributed by atoms with Crippen LogP contribution in [0.2, 0.25) is 10.0 Å². The molecular weight excluding hydrogens is 301 g/mol. The van der Waals surface area contributed by atoms with Gasteiger partial charge in [0.1, 0.15) is 5.76 Å². The lowest BCUT2D eigenvalue weighted by Crippen LogP contribution is -2.00. The number of hydrogen-bond acceptors (Lipinski definition) is 3. The molecule has 2 rings (SSSR count). The van der Waals surface area contributed by atoms with Crippen LogP contribution in [0.1, 0.15) is 27.4 Å². The van der Waals surface area contributed by atoms with Crippen LogP contribution in [0.5, 0.6) is 0 Å². The lowest BCUT2D eigenvalue weighted by atomic mass is 10.2. The summed E-state index contributed by atoms with van der Waals surface area (Å²) in [6, 6.07) is 5.01. The van der Waals surface area contributed by atoms with E-state index >= 15 is 0 Å². The van der Waals surface area contributed by atoms with Crippen LogP contribution >= 0.6 is 23.2 Å². The van der Waals surface area contributed by atoms with Crippen LogP contribution in [0.4, 0.5) is 5.69 Å². The largest absolute Gasteiger partial charge is 0.475 e. The fraction of sp³-hybridized carbons (Fsp3) is 0.214. The van der Waals surface area contributed by atoms with E-state index in [1.807, 2.05) is 6.92 Å². The topological polar surface area (TPSA) is 62.5 Å². The third-order valence-electron chi connectivity index (χ3n) is 2.95. The molecule has 2 aromatic rings. The Bertz CT molecular complexity index is 665. The number of rotatable bonds is 4. The van der Waals surface area contributed by atoms with Gasteiger partial charge in [0, 0.05) is 17.1 Å². The molecule has 0 saturated carbocycles. The van der Waals surface area contributed by atoms with E-state index in [2.05, 4.69) is 5.32 Å². The summed E-state index contributed by atoms with van der Waals surface area (Å²) in [6.07, 6.45) is 0. The van der Waals surface area contributed by atoms with Gasteiger partial charge in [-0.2, -0.15) is 0 Å². The van der Waals surface area contributed by atoms with Crippen molar-refractivity contribution in [3.05, 3.63) is 50.9 Å². The van der Waals surface area contributed by atoms with Crippen molar-refractivity contribution in [2.75, 3.05) is 5.32 Å². The Kier molecular flexibility index (Phi) is 4.26. The predicted octanol–water partition coefficient (Wildman–Crippen LogP) is 4.51. The van der Waals surface area contributed by atoms with Crippen LogP contribution in [0, 0.1) is 13.8 Å². The first-order valence-corrected chi connectivity index (χ1v) is 6.66. The van der Waals surface area contributed by atoms with Crippen LogP contribution in [-0.4, -0.2) is 11.1 Å². The van der Waals surface area contributed by atoms with Gasteiger partial charge in [-0.25, -0.2) is 4.79 Å². The number of nitrogens with one attached hydrogen (secondary N) is 1. The van der Waals surface area contributed by atoms with Crippen LogP contribution in [0.3, 0.4) is 0 Å². The number of aromatic carboxylic acids is 1. The molecule has 1 aromatic carbocycles. The van der Waals surface area contributed by atoms with Crippen molar-refractivity contribution >= 4 is 34.9 Å². The Labute approximate surface area is 126 Å². The second-order valence-electron chi connectivity index (χ2n) is 4.43. The average molecular weight is 314 g/mol. The first kappa shape index (κ1) is 14.8. The molecule has 0 aliphatic rings. The average Bonchev–Trinajstić information content (AvgIpc) is 2.74. The van der Waals surface area contributed by atoms with Crippen molar-refractivity contribution in [3.63, 3.8) is 0 Å². The quantitative estimate of drug-likeness (QED) is 0.871. The number of carbonyl (C=O) groups is 1. The first-order valence-electron chi connectivity index (χ1n) is 5.90. The molecule has 2 N–H and O–H groups in total. The van der Waals surface area contributed by atoms with Gasteiger partial charge < -0.3 is 14.8 Å². The van der Waals surface area contributed by atoms with Gasteiger partial charge in [0.25, 0.3) is 0 Å². The number of furan rings is 1. The molecule has 0 atom stereocenters. The highest BCUT2D eigenvalue weighted by Crippen LogP contribution is 2.29. The number of carboxylic acids is 1. The van der Waals surface area contributed by atoms with Crippen LogP contribution in [-0.2, 0) is 6.54 Å². The zero-order valence-corrected chi connectivity index (χ0v) is 12.5. The minimum absolute atomic E-state index is 0.0765. The van der Waals surface area contributed by atoms with Crippen LogP contribution in [0.15, 0.2) is 22.6 Å². The van der Waals surface area contributed by atoms with Crippen molar-refractivity contribution < 1.29 is 14.3 Å². The Hall–Kier alpha value is -1.65. The van der Waals surface area contributed by atoms with Gasteiger partial charge in [-0.3, -0.25) is 0 Å². The minimum atomic E-state index is -1.09. The van der Waals surface area contributed by atoms with Crippen molar-refractivity contribution in [2.45, 2.75) is 20.4 Å². The summed E-state index contributed by atoms with van der Waals surface area (Å²) in [6.45, 7) is 3.99. The zero-order valence-electron chi connectivity index (χ0n) is 11.0. The third-order valence-corrected chi connectivity index (χ3v) is 3.67. The molecule has 0 spiro atoms. The highest BCUT2D eigenvalue weighted by molar-refractivity contribution is 6.35. The monoisotopic (exact) mass is 313 g/mol. The van der Waals surface area contributed by atoms with Crippen molar-refractivity contribution in [3.8, 4) is 0 Å². The van der Waals surface area contributed by atoms with E-state index in [9.17, 15) is 4.79 Å². The molecule has 1 aromatic heterocycles. The standard InChI is InChI=1S/C14H13Cl2NO3/c1-7-3-11(16)12(5-10(7)15)17-6-9-4-13(14(18)19)20-8(9)2/h3-5,17H,6H2,1-2H3,(H,18,19). The molecule has 0 saturated heterocycles. The highest BCUT2D eigenvalue weighted by atomic mass is 35.5. The summed E-state index contributed by atoms with van der Waals surface area (Å²) >= 11 is 12.2. The molecule has 0 unspecified atom stereocenters. The lowest BCUT2D eigenvalue weighted by Gasteiger charge is -2.09. The Balaban J connectivity index is 2.17. The fourth-order valence-corrected chi connectivity index (χ4v) is 2.22. The van der Waals surface area contributed by atoms with Crippen molar-refractivity contribution in [1.82, 2.24) is 0 Å². The van der Waals surface area contributed by atoms with Crippen molar-refractivity contribution in [1.29, 1.82) is 0 Å². The summed E-state index contributed by atoms with van der Waals surface area (Å²) in [5.74, 6) is -0.604. The molecule has 20 heavy (non-hydrogen) atoms. The van der Waals surface area contributed by atoms with E-state index in [1.165, 1.54) is 6.07 Å². The second-order valence-corrected chi connectivity index (χ2v) is 5.25. The smallest absolute Gasteiger partial charge is 0.371 e. The maximum absolute atomic E-state index is 10.8. The third kappa shape index (κ3) is 3.08. The number of anilines is 1. The summed E-state index contributed by atoms with van der Waals surface area (Å²) in [4.78, 5) is 10.8. The fourth-order valence-electron chi connectivity index (χ4n) is 1.77. The molecule has 0 fully saturated rings. The number of carboxylic acid groups (broad SMARTS) is 1. The molecule has 106 valence electrons. The second kappa shape index (κ2) is 5.77. The van der Waals surface area contributed by atoms with Crippen LogP contribution < -0.4 is 5.32 Å². The predicted molar refractivity (Wildman–Crippen MR) is 78.9 cm³/mol. The van der Waals surface area contributed by atoms with Gasteiger partial charge in [0.2, 0.25) is 5.76 Å². The van der Waals surface area contributed by atoms with Crippen molar-refractivity contribution in [2.24, 2.45) is 0 Å². The molecule has 0 radical (unpaired) electrons. The van der Waals surface area contributed by atoms with Gasteiger partial charge >= 0.3 is 5.97 Å². The van der Waals surface area contributed by atoms with Crippen LogP contribution in [0.25, 0.3) is 0 Å². The summed E-state index contributed by atoms with van der Waals surface area (Å²) in [5, 5.41) is 13.2. The Morgan fingerprint density at radius 1 is 1.25 bits per heavy atom. The molecule has 0 aliphatic heterocycles. The van der Waals surface area contributed by atoms with E-state index in [0.29, 0.717) is 28.0 Å². The normalized spacial score (nSPS) is 10.6. The number of halogens is 2.